The van der Waals surface area contributed by atoms with E-state index >= 15 is 0 Å². The first-order valence-corrected chi connectivity index (χ1v) is 9.46. The van der Waals surface area contributed by atoms with Crippen molar-refractivity contribution in [2.75, 3.05) is 33.7 Å². The molecule has 0 unspecified atom stereocenters. The second-order valence-electron chi connectivity index (χ2n) is 6.08. The minimum absolute atomic E-state index is 0.761. The predicted molar refractivity (Wildman–Crippen MR) is 123 cm³/mol. The standard InChI is InChI=1S/C13H13ClN2.C8H11NO.C2H6O/c1-3-13-9-12(15-16(13)2)8-10-4-6-11(14)7-5-10;1-9-7-3-5-8(10-2)6-4-7;1-3-2/h3-7,9H,1,8H2,2H3;3-6,9H,1-2H3;1-2H3. The summed E-state index contributed by atoms with van der Waals surface area (Å²) in [6, 6.07) is 17.7. The summed E-state index contributed by atoms with van der Waals surface area (Å²) in [5.74, 6) is 0.888. The van der Waals surface area contributed by atoms with Crippen molar-refractivity contribution in [3.63, 3.8) is 0 Å². The van der Waals surface area contributed by atoms with Gasteiger partial charge in [-0.25, -0.2) is 0 Å². The maximum absolute atomic E-state index is 5.83. The largest absolute Gasteiger partial charge is 0.497 e. The molecular formula is C23H30ClN3O2. The molecule has 156 valence electrons. The summed E-state index contributed by atoms with van der Waals surface area (Å²) in [7, 11) is 8.72. The van der Waals surface area contributed by atoms with Crippen LogP contribution >= 0.6 is 11.6 Å². The fourth-order valence-corrected chi connectivity index (χ4v) is 2.52. The molecule has 0 aliphatic carbocycles. The van der Waals surface area contributed by atoms with Crippen molar-refractivity contribution < 1.29 is 9.47 Å². The third-order valence-electron chi connectivity index (χ3n) is 3.85. The molecule has 0 bridgehead atoms. The Morgan fingerprint density at radius 2 is 1.66 bits per heavy atom. The Kier molecular flexibility index (Phi) is 11.2. The van der Waals surface area contributed by atoms with Crippen LogP contribution in [0.2, 0.25) is 5.02 Å². The lowest BCUT2D eigenvalue weighted by Gasteiger charge is -2.00. The number of aryl methyl sites for hydroxylation is 1. The molecule has 5 nitrogen and oxygen atoms in total. The second kappa shape index (κ2) is 13.4. The number of hydrogen-bond acceptors (Lipinski definition) is 4. The van der Waals surface area contributed by atoms with Gasteiger partial charge in [-0.3, -0.25) is 4.68 Å². The Morgan fingerprint density at radius 3 is 2.10 bits per heavy atom. The van der Waals surface area contributed by atoms with Gasteiger partial charge in [0.15, 0.2) is 0 Å². The van der Waals surface area contributed by atoms with Crippen LogP contribution in [0.25, 0.3) is 6.08 Å². The van der Waals surface area contributed by atoms with Gasteiger partial charge in [-0.1, -0.05) is 30.3 Å². The number of anilines is 1. The molecule has 0 amide bonds. The Hall–Kier alpha value is -2.76. The lowest BCUT2D eigenvalue weighted by Crippen LogP contribution is -1.94. The average Bonchev–Trinajstić information content (AvgIpc) is 3.10. The third kappa shape index (κ3) is 8.85. The first kappa shape index (κ1) is 24.3. The zero-order valence-electron chi connectivity index (χ0n) is 17.8. The number of halogens is 1. The number of methoxy groups -OCH3 is 2. The van der Waals surface area contributed by atoms with Crippen LogP contribution in [0.3, 0.4) is 0 Å². The molecule has 0 saturated heterocycles. The van der Waals surface area contributed by atoms with E-state index in [4.69, 9.17) is 16.3 Å². The fraction of sp³-hybridized carbons (Fsp3) is 0.261. The SMILES string of the molecule is C=Cc1cc(Cc2ccc(Cl)cc2)nn1C.CNc1ccc(OC)cc1.COC. The highest BCUT2D eigenvalue weighted by atomic mass is 35.5. The van der Waals surface area contributed by atoms with Crippen molar-refractivity contribution >= 4 is 23.4 Å². The highest BCUT2D eigenvalue weighted by Gasteiger charge is 2.03. The first-order chi connectivity index (χ1) is 14.0. The minimum atomic E-state index is 0.761. The van der Waals surface area contributed by atoms with Gasteiger partial charge in [0.2, 0.25) is 0 Å². The lowest BCUT2D eigenvalue weighted by molar-refractivity contribution is 0.277. The van der Waals surface area contributed by atoms with E-state index in [-0.39, 0.29) is 0 Å². The molecule has 6 heteroatoms. The van der Waals surface area contributed by atoms with E-state index in [2.05, 4.69) is 21.7 Å². The van der Waals surface area contributed by atoms with Gasteiger partial charge in [0.1, 0.15) is 5.75 Å². The molecule has 2 aromatic carbocycles. The number of hydrogen-bond donors (Lipinski definition) is 1. The van der Waals surface area contributed by atoms with Gasteiger partial charge in [-0.05, 0) is 54.1 Å². The molecule has 3 aromatic rings. The Morgan fingerprint density at radius 1 is 1.07 bits per heavy atom. The molecule has 0 spiro atoms. The van der Waals surface area contributed by atoms with Crippen LogP contribution in [-0.2, 0) is 18.2 Å². The molecule has 0 radical (unpaired) electrons. The van der Waals surface area contributed by atoms with E-state index in [1.165, 1.54) is 5.56 Å². The van der Waals surface area contributed by atoms with Crippen LogP contribution in [0, 0.1) is 0 Å². The van der Waals surface area contributed by atoms with Crippen molar-refractivity contribution in [1.29, 1.82) is 0 Å². The second-order valence-corrected chi connectivity index (χ2v) is 6.51. The maximum Gasteiger partial charge on any atom is 0.119 e. The van der Waals surface area contributed by atoms with Gasteiger partial charge in [0.05, 0.1) is 18.5 Å². The summed E-state index contributed by atoms with van der Waals surface area (Å²) >= 11 is 5.83. The van der Waals surface area contributed by atoms with Crippen molar-refractivity contribution in [3.8, 4) is 5.75 Å². The summed E-state index contributed by atoms with van der Waals surface area (Å²) in [5, 5.41) is 8.20. The monoisotopic (exact) mass is 415 g/mol. The van der Waals surface area contributed by atoms with Gasteiger partial charge in [0.25, 0.3) is 0 Å². The van der Waals surface area contributed by atoms with E-state index in [9.17, 15) is 0 Å². The fourth-order valence-electron chi connectivity index (χ4n) is 2.39. The number of nitrogens with zero attached hydrogens (tertiary/aromatic N) is 2. The van der Waals surface area contributed by atoms with Gasteiger partial charge < -0.3 is 14.8 Å². The Labute approximate surface area is 178 Å². The smallest absolute Gasteiger partial charge is 0.119 e. The van der Waals surface area contributed by atoms with E-state index < -0.39 is 0 Å². The topological polar surface area (TPSA) is 48.3 Å². The highest BCUT2D eigenvalue weighted by molar-refractivity contribution is 6.30. The normalized spacial score (nSPS) is 9.45. The number of ether oxygens (including phenoxy) is 2. The van der Waals surface area contributed by atoms with Gasteiger partial charge >= 0.3 is 0 Å². The molecule has 3 rings (SSSR count). The zero-order valence-corrected chi connectivity index (χ0v) is 18.5. The number of benzene rings is 2. The molecule has 0 aliphatic rings. The van der Waals surface area contributed by atoms with E-state index in [1.807, 2.05) is 73.4 Å². The van der Waals surface area contributed by atoms with Gasteiger partial charge in [-0.2, -0.15) is 5.10 Å². The van der Waals surface area contributed by atoms with Crippen LogP contribution in [-0.4, -0.2) is 38.2 Å². The third-order valence-corrected chi connectivity index (χ3v) is 4.10. The molecule has 1 aromatic heterocycles. The van der Waals surface area contributed by atoms with Crippen molar-refractivity contribution in [3.05, 3.63) is 83.2 Å². The molecule has 0 aliphatic heterocycles. The summed E-state index contributed by atoms with van der Waals surface area (Å²) in [5.41, 5.74) is 4.38. The van der Waals surface area contributed by atoms with E-state index in [0.717, 1.165) is 34.3 Å². The summed E-state index contributed by atoms with van der Waals surface area (Å²) in [4.78, 5) is 0. The molecule has 0 atom stereocenters. The van der Waals surface area contributed by atoms with Crippen LogP contribution in [0.4, 0.5) is 5.69 Å². The predicted octanol–water partition coefficient (Wildman–Crippen LogP) is 5.31. The number of aromatic nitrogens is 2. The Bertz CT molecular complexity index is 821. The molecule has 1 N–H and O–H groups in total. The van der Waals surface area contributed by atoms with Crippen LogP contribution in [0.15, 0.2) is 61.2 Å². The highest BCUT2D eigenvalue weighted by Crippen LogP contribution is 2.14. The van der Waals surface area contributed by atoms with E-state index in [0.29, 0.717) is 0 Å². The first-order valence-electron chi connectivity index (χ1n) is 9.09. The van der Waals surface area contributed by atoms with Crippen molar-refractivity contribution in [1.82, 2.24) is 9.78 Å². The van der Waals surface area contributed by atoms with Gasteiger partial charge in [-0.15, -0.1) is 0 Å². The average molecular weight is 416 g/mol. The molecule has 0 fully saturated rings. The van der Waals surface area contributed by atoms with Crippen molar-refractivity contribution in [2.45, 2.75) is 6.42 Å². The lowest BCUT2D eigenvalue weighted by atomic mass is 10.1. The minimum Gasteiger partial charge on any atom is -0.497 e. The van der Waals surface area contributed by atoms with Crippen LogP contribution in [0.1, 0.15) is 17.0 Å². The van der Waals surface area contributed by atoms with Gasteiger partial charge in [0, 0.05) is 45.4 Å². The summed E-state index contributed by atoms with van der Waals surface area (Å²) < 4.78 is 11.1. The Balaban J connectivity index is 0.000000277. The molecule has 1 heterocycles. The molecule has 0 saturated carbocycles. The van der Waals surface area contributed by atoms with Crippen molar-refractivity contribution in [2.24, 2.45) is 7.05 Å². The maximum atomic E-state index is 5.83. The van der Waals surface area contributed by atoms with Crippen LogP contribution < -0.4 is 10.1 Å². The number of rotatable bonds is 5. The summed E-state index contributed by atoms with van der Waals surface area (Å²) in [6.45, 7) is 3.75. The van der Waals surface area contributed by atoms with E-state index in [1.54, 1.807) is 27.4 Å². The number of nitrogens with one attached hydrogen (secondary N) is 1. The quantitative estimate of drug-likeness (QED) is 0.613. The zero-order chi connectivity index (χ0) is 21.6. The summed E-state index contributed by atoms with van der Waals surface area (Å²) in [6.07, 6.45) is 2.62. The molecular weight excluding hydrogens is 386 g/mol. The van der Waals surface area contributed by atoms with Crippen LogP contribution in [0.5, 0.6) is 5.75 Å². The molecule has 29 heavy (non-hydrogen) atoms.